The van der Waals surface area contributed by atoms with Gasteiger partial charge in [0.1, 0.15) is 11.5 Å². The van der Waals surface area contributed by atoms with Crippen molar-refractivity contribution in [2.45, 2.75) is 26.2 Å². The molecule has 2 aromatic rings. The molecule has 0 atom stereocenters. The van der Waals surface area contributed by atoms with Crippen molar-refractivity contribution in [2.24, 2.45) is 0 Å². The molecule has 0 saturated carbocycles. The molecule has 2 nitrogen and oxygen atoms in total. The smallest absolute Gasteiger partial charge is 0.127 e. The van der Waals surface area contributed by atoms with E-state index in [1.165, 1.54) is 12.8 Å². The largest absolute Gasteiger partial charge is 0.497 e. The maximum Gasteiger partial charge on any atom is 0.127 e. The summed E-state index contributed by atoms with van der Waals surface area (Å²) < 4.78 is 11.1. The van der Waals surface area contributed by atoms with Crippen molar-refractivity contribution in [3.63, 3.8) is 0 Å². The van der Waals surface area contributed by atoms with Gasteiger partial charge in [-0.1, -0.05) is 50.1 Å². The summed E-state index contributed by atoms with van der Waals surface area (Å²) in [5.41, 5.74) is 2.28. The average molecular weight is 270 g/mol. The Kier molecular flexibility index (Phi) is 5.48. The standard InChI is InChI=1S/C18H22O2/c1-3-4-7-14-20-18-9-6-5-8-17(18)15-10-12-16(19-2)13-11-15/h5-6,8-13H,3-4,7,14H2,1-2H3. The second-order valence-corrected chi connectivity index (χ2v) is 4.78. The third-order valence-corrected chi connectivity index (χ3v) is 3.29. The van der Waals surface area contributed by atoms with E-state index in [2.05, 4.69) is 25.1 Å². The van der Waals surface area contributed by atoms with Crippen LogP contribution in [0.15, 0.2) is 48.5 Å². The normalized spacial score (nSPS) is 10.3. The van der Waals surface area contributed by atoms with Crippen molar-refractivity contribution in [3.8, 4) is 22.6 Å². The fraction of sp³-hybridized carbons (Fsp3) is 0.333. The van der Waals surface area contributed by atoms with Crippen LogP contribution in [0.25, 0.3) is 11.1 Å². The molecule has 0 fully saturated rings. The molecular formula is C18H22O2. The summed E-state index contributed by atoms with van der Waals surface area (Å²) >= 11 is 0. The second-order valence-electron chi connectivity index (χ2n) is 4.78. The number of rotatable bonds is 7. The van der Waals surface area contributed by atoms with Gasteiger partial charge < -0.3 is 9.47 Å². The van der Waals surface area contributed by atoms with Gasteiger partial charge in [0.2, 0.25) is 0 Å². The Labute approximate surface area is 121 Å². The van der Waals surface area contributed by atoms with Gasteiger partial charge in [-0.3, -0.25) is 0 Å². The average Bonchev–Trinajstić information content (AvgIpc) is 2.52. The molecular weight excluding hydrogens is 248 g/mol. The van der Waals surface area contributed by atoms with Crippen LogP contribution >= 0.6 is 0 Å². The van der Waals surface area contributed by atoms with Crippen LogP contribution in [0.1, 0.15) is 26.2 Å². The highest BCUT2D eigenvalue weighted by molar-refractivity contribution is 5.70. The van der Waals surface area contributed by atoms with Crippen LogP contribution in [0.2, 0.25) is 0 Å². The highest BCUT2D eigenvalue weighted by atomic mass is 16.5. The topological polar surface area (TPSA) is 18.5 Å². The molecule has 0 heterocycles. The van der Waals surface area contributed by atoms with Gasteiger partial charge in [-0.15, -0.1) is 0 Å². The van der Waals surface area contributed by atoms with E-state index in [9.17, 15) is 0 Å². The fourth-order valence-corrected chi connectivity index (χ4v) is 2.14. The van der Waals surface area contributed by atoms with Gasteiger partial charge in [0, 0.05) is 5.56 Å². The summed E-state index contributed by atoms with van der Waals surface area (Å²) in [7, 11) is 1.68. The zero-order valence-electron chi connectivity index (χ0n) is 12.3. The number of benzene rings is 2. The monoisotopic (exact) mass is 270 g/mol. The summed E-state index contributed by atoms with van der Waals surface area (Å²) in [5, 5.41) is 0. The van der Waals surface area contributed by atoms with Crippen LogP contribution in [-0.2, 0) is 0 Å². The summed E-state index contributed by atoms with van der Waals surface area (Å²) in [6.45, 7) is 2.98. The molecule has 0 saturated heterocycles. The Morgan fingerprint density at radius 2 is 1.65 bits per heavy atom. The summed E-state index contributed by atoms with van der Waals surface area (Å²) in [5.74, 6) is 1.82. The van der Waals surface area contributed by atoms with Crippen molar-refractivity contribution in [2.75, 3.05) is 13.7 Å². The predicted octanol–water partition coefficient (Wildman–Crippen LogP) is 4.93. The lowest BCUT2D eigenvalue weighted by Crippen LogP contribution is -1.98. The first-order valence-electron chi connectivity index (χ1n) is 7.21. The first kappa shape index (κ1) is 14.4. The lowest BCUT2D eigenvalue weighted by Gasteiger charge is -2.12. The minimum atomic E-state index is 0.779. The molecule has 2 heteroatoms. The van der Waals surface area contributed by atoms with Gasteiger partial charge >= 0.3 is 0 Å². The van der Waals surface area contributed by atoms with E-state index < -0.39 is 0 Å². The van der Waals surface area contributed by atoms with Crippen molar-refractivity contribution in [1.29, 1.82) is 0 Å². The van der Waals surface area contributed by atoms with Crippen LogP contribution in [0.4, 0.5) is 0 Å². The Bertz CT molecular complexity index is 517. The van der Waals surface area contributed by atoms with Gasteiger partial charge in [0.05, 0.1) is 13.7 Å². The molecule has 0 aromatic heterocycles. The molecule has 0 N–H and O–H groups in total. The molecule has 0 aliphatic heterocycles. The first-order valence-corrected chi connectivity index (χ1v) is 7.21. The number of methoxy groups -OCH3 is 1. The number of hydrogen-bond donors (Lipinski definition) is 0. The highest BCUT2D eigenvalue weighted by Crippen LogP contribution is 2.31. The number of unbranched alkanes of at least 4 members (excludes halogenated alkanes) is 2. The number of para-hydroxylation sites is 1. The molecule has 2 aromatic carbocycles. The quantitative estimate of drug-likeness (QED) is 0.664. The van der Waals surface area contributed by atoms with Gasteiger partial charge in [-0.05, 0) is 30.2 Å². The lowest BCUT2D eigenvalue weighted by atomic mass is 10.0. The number of hydrogen-bond acceptors (Lipinski definition) is 2. The third kappa shape index (κ3) is 3.77. The molecule has 106 valence electrons. The molecule has 0 radical (unpaired) electrons. The van der Waals surface area contributed by atoms with Gasteiger partial charge in [0.25, 0.3) is 0 Å². The maximum absolute atomic E-state index is 5.92. The molecule has 0 unspecified atom stereocenters. The Hall–Kier alpha value is -1.96. The van der Waals surface area contributed by atoms with Crippen molar-refractivity contribution in [3.05, 3.63) is 48.5 Å². The molecule has 0 bridgehead atoms. The minimum absolute atomic E-state index is 0.779. The second kappa shape index (κ2) is 7.59. The zero-order valence-corrected chi connectivity index (χ0v) is 12.3. The predicted molar refractivity (Wildman–Crippen MR) is 83.5 cm³/mol. The minimum Gasteiger partial charge on any atom is -0.497 e. The van der Waals surface area contributed by atoms with E-state index in [0.29, 0.717) is 0 Å². The van der Waals surface area contributed by atoms with E-state index in [1.54, 1.807) is 7.11 Å². The van der Waals surface area contributed by atoms with Crippen LogP contribution < -0.4 is 9.47 Å². The molecule has 0 spiro atoms. The summed E-state index contributed by atoms with van der Waals surface area (Å²) in [6, 6.07) is 16.3. The zero-order chi connectivity index (χ0) is 14.2. The summed E-state index contributed by atoms with van der Waals surface area (Å²) in [4.78, 5) is 0. The van der Waals surface area contributed by atoms with Crippen molar-refractivity contribution >= 4 is 0 Å². The van der Waals surface area contributed by atoms with Gasteiger partial charge in [-0.2, -0.15) is 0 Å². The summed E-state index contributed by atoms with van der Waals surface area (Å²) in [6.07, 6.45) is 3.53. The Morgan fingerprint density at radius 1 is 0.900 bits per heavy atom. The first-order chi connectivity index (χ1) is 9.85. The van der Waals surface area contributed by atoms with Crippen LogP contribution in [0, 0.1) is 0 Å². The Morgan fingerprint density at radius 3 is 2.35 bits per heavy atom. The fourth-order valence-electron chi connectivity index (χ4n) is 2.14. The van der Waals surface area contributed by atoms with Crippen LogP contribution in [-0.4, -0.2) is 13.7 Å². The lowest BCUT2D eigenvalue weighted by molar-refractivity contribution is 0.307. The van der Waals surface area contributed by atoms with Crippen LogP contribution in [0.5, 0.6) is 11.5 Å². The molecule has 0 amide bonds. The maximum atomic E-state index is 5.92. The van der Waals surface area contributed by atoms with E-state index in [-0.39, 0.29) is 0 Å². The van der Waals surface area contributed by atoms with E-state index in [1.807, 2.05) is 30.3 Å². The van der Waals surface area contributed by atoms with Gasteiger partial charge in [0.15, 0.2) is 0 Å². The SMILES string of the molecule is CCCCCOc1ccccc1-c1ccc(OC)cc1. The van der Waals surface area contributed by atoms with E-state index in [0.717, 1.165) is 35.7 Å². The number of ether oxygens (including phenoxy) is 2. The van der Waals surface area contributed by atoms with Crippen LogP contribution in [0.3, 0.4) is 0 Å². The van der Waals surface area contributed by atoms with E-state index >= 15 is 0 Å². The molecule has 2 rings (SSSR count). The van der Waals surface area contributed by atoms with Gasteiger partial charge in [-0.25, -0.2) is 0 Å². The molecule has 20 heavy (non-hydrogen) atoms. The van der Waals surface area contributed by atoms with E-state index in [4.69, 9.17) is 9.47 Å². The third-order valence-electron chi connectivity index (χ3n) is 3.29. The highest BCUT2D eigenvalue weighted by Gasteiger charge is 2.05. The molecule has 0 aliphatic rings. The van der Waals surface area contributed by atoms with Crippen molar-refractivity contribution < 1.29 is 9.47 Å². The molecule has 0 aliphatic carbocycles. The van der Waals surface area contributed by atoms with Crippen molar-refractivity contribution in [1.82, 2.24) is 0 Å². The Balaban J connectivity index is 2.13.